The van der Waals surface area contributed by atoms with E-state index in [9.17, 15) is 0 Å². The molecule has 2 nitrogen and oxygen atoms in total. The molecule has 2 aliphatic carbocycles. The number of methoxy groups -OCH3 is 1. The van der Waals surface area contributed by atoms with Crippen molar-refractivity contribution in [3.63, 3.8) is 0 Å². The van der Waals surface area contributed by atoms with E-state index in [1.54, 1.807) is 0 Å². The van der Waals surface area contributed by atoms with Crippen molar-refractivity contribution in [2.24, 2.45) is 11.3 Å². The monoisotopic (exact) mass is 267 g/mol. The van der Waals surface area contributed by atoms with E-state index in [1.807, 2.05) is 7.11 Å². The molecule has 1 N–H and O–H groups in total. The van der Waals surface area contributed by atoms with Crippen LogP contribution in [0.15, 0.2) is 0 Å². The van der Waals surface area contributed by atoms with Crippen molar-refractivity contribution in [1.82, 2.24) is 5.32 Å². The molecule has 0 amide bonds. The van der Waals surface area contributed by atoms with Gasteiger partial charge in [-0.2, -0.15) is 0 Å². The van der Waals surface area contributed by atoms with E-state index in [0.717, 1.165) is 5.92 Å². The van der Waals surface area contributed by atoms with Gasteiger partial charge in [-0.25, -0.2) is 0 Å². The van der Waals surface area contributed by atoms with E-state index >= 15 is 0 Å². The van der Waals surface area contributed by atoms with Crippen molar-refractivity contribution in [2.75, 3.05) is 14.2 Å². The predicted molar refractivity (Wildman–Crippen MR) is 81.4 cm³/mol. The van der Waals surface area contributed by atoms with Crippen LogP contribution in [-0.2, 0) is 4.74 Å². The van der Waals surface area contributed by atoms with Crippen LogP contribution < -0.4 is 5.32 Å². The van der Waals surface area contributed by atoms with Gasteiger partial charge in [0.15, 0.2) is 0 Å². The Bertz CT molecular complexity index is 271. The van der Waals surface area contributed by atoms with Crippen LogP contribution in [0, 0.1) is 11.3 Å². The molecule has 0 aromatic heterocycles. The second-order valence-electron chi connectivity index (χ2n) is 7.60. The molecule has 2 saturated carbocycles. The van der Waals surface area contributed by atoms with Crippen LogP contribution in [0.3, 0.4) is 0 Å². The zero-order valence-electron chi connectivity index (χ0n) is 13.4. The number of rotatable bonds is 4. The summed E-state index contributed by atoms with van der Waals surface area (Å²) in [5.41, 5.74) is 0.596. The Morgan fingerprint density at radius 1 is 1.00 bits per heavy atom. The fourth-order valence-electron chi connectivity index (χ4n) is 4.39. The quantitative estimate of drug-likeness (QED) is 0.826. The SMILES string of the molecule is CNC(C1CCCCC1)C1(OC)CCC(C)(C)CC1. The first-order valence-electron chi connectivity index (χ1n) is 8.25. The maximum Gasteiger partial charge on any atom is 0.0833 e. The lowest BCUT2D eigenvalue weighted by Gasteiger charge is -2.50. The molecule has 19 heavy (non-hydrogen) atoms. The van der Waals surface area contributed by atoms with E-state index in [1.165, 1.54) is 57.8 Å². The van der Waals surface area contributed by atoms with Crippen LogP contribution in [0.1, 0.15) is 71.6 Å². The maximum atomic E-state index is 6.12. The van der Waals surface area contributed by atoms with Gasteiger partial charge in [0.05, 0.1) is 5.60 Å². The van der Waals surface area contributed by atoms with Crippen LogP contribution in [0.2, 0.25) is 0 Å². The van der Waals surface area contributed by atoms with Gasteiger partial charge in [0.25, 0.3) is 0 Å². The van der Waals surface area contributed by atoms with Gasteiger partial charge in [-0.1, -0.05) is 33.1 Å². The van der Waals surface area contributed by atoms with Gasteiger partial charge < -0.3 is 10.1 Å². The molecule has 2 aliphatic rings. The summed E-state index contributed by atoms with van der Waals surface area (Å²) in [7, 11) is 4.07. The molecule has 112 valence electrons. The number of nitrogens with one attached hydrogen (secondary N) is 1. The summed E-state index contributed by atoms with van der Waals surface area (Å²) in [6.07, 6.45) is 12.1. The Morgan fingerprint density at radius 2 is 1.58 bits per heavy atom. The molecule has 0 saturated heterocycles. The third-order valence-corrected chi connectivity index (χ3v) is 5.86. The zero-order chi connectivity index (χ0) is 13.9. The molecule has 2 heteroatoms. The smallest absolute Gasteiger partial charge is 0.0833 e. The Morgan fingerprint density at radius 3 is 2.05 bits per heavy atom. The summed E-state index contributed by atoms with van der Waals surface area (Å²) in [6, 6.07) is 0.550. The molecule has 2 fully saturated rings. The minimum Gasteiger partial charge on any atom is -0.377 e. The van der Waals surface area contributed by atoms with Gasteiger partial charge in [-0.3, -0.25) is 0 Å². The highest BCUT2D eigenvalue weighted by Crippen LogP contribution is 2.46. The molecule has 2 rings (SSSR count). The van der Waals surface area contributed by atoms with Crippen LogP contribution in [0.4, 0.5) is 0 Å². The third kappa shape index (κ3) is 3.33. The molecule has 0 aromatic carbocycles. The van der Waals surface area contributed by atoms with Gasteiger partial charge in [-0.05, 0) is 56.9 Å². The summed E-state index contributed by atoms with van der Waals surface area (Å²) >= 11 is 0. The van der Waals surface area contributed by atoms with Crippen molar-refractivity contribution < 1.29 is 4.74 Å². The van der Waals surface area contributed by atoms with E-state index in [4.69, 9.17) is 4.74 Å². The van der Waals surface area contributed by atoms with Crippen molar-refractivity contribution in [3.05, 3.63) is 0 Å². The van der Waals surface area contributed by atoms with Crippen molar-refractivity contribution in [2.45, 2.75) is 83.3 Å². The molecular formula is C17H33NO. The molecule has 0 aliphatic heterocycles. The lowest BCUT2D eigenvalue weighted by atomic mass is 9.65. The molecule has 0 spiro atoms. The van der Waals surface area contributed by atoms with Crippen LogP contribution >= 0.6 is 0 Å². The van der Waals surface area contributed by atoms with Gasteiger partial charge in [-0.15, -0.1) is 0 Å². The average molecular weight is 267 g/mol. The zero-order valence-corrected chi connectivity index (χ0v) is 13.4. The highest BCUT2D eigenvalue weighted by atomic mass is 16.5. The normalized spacial score (nSPS) is 29.1. The summed E-state index contributed by atoms with van der Waals surface area (Å²) in [5.74, 6) is 0.819. The minimum absolute atomic E-state index is 0.0896. The minimum atomic E-state index is 0.0896. The first-order valence-corrected chi connectivity index (χ1v) is 8.25. The fourth-order valence-corrected chi connectivity index (χ4v) is 4.39. The summed E-state index contributed by atoms with van der Waals surface area (Å²) < 4.78 is 6.12. The molecule has 0 heterocycles. The van der Waals surface area contributed by atoms with Crippen LogP contribution in [0.5, 0.6) is 0 Å². The second kappa shape index (κ2) is 6.13. The first kappa shape index (κ1) is 15.3. The largest absolute Gasteiger partial charge is 0.377 e. The topological polar surface area (TPSA) is 21.3 Å². The number of ether oxygens (including phenoxy) is 1. The Hall–Kier alpha value is -0.0800. The van der Waals surface area contributed by atoms with Crippen molar-refractivity contribution in [1.29, 1.82) is 0 Å². The second-order valence-corrected chi connectivity index (χ2v) is 7.60. The van der Waals surface area contributed by atoms with E-state index in [-0.39, 0.29) is 5.60 Å². The number of hydrogen-bond donors (Lipinski definition) is 1. The number of hydrogen-bond acceptors (Lipinski definition) is 2. The summed E-state index contributed by atoms with van der Waals surface area (Å²) in [4.78, 5) is 0. The van der Waals surface area contributed by atoms with Gasteiger partial charge >= 0.3 is 0 Å². The molecule has 1 unspecified atom stereocenters. The van der Waals surface area contributed by atoms with E-state index in [2.05, 4.69) is 26.2 Å². The summed E-state index contributed by atoms with van der Waals surface area (Å²) in [5, 5.41) is 3.64. The lowest BCUT2D eigenvalue weighted by molar-refractivity contribution is -0.100. The van der Waals surface area contributed by atoms with Gasteiger partial charge in [0.2, 0.25) is 0 Å². The Kier molecular flexibility index (Phi) is 4.94. The van der Waals surface area contributed by atoms with Crippen LogP contribution in [0.25, 0.3) is 0 Å². The molecular weight excluding hydrogens is 234 g/mol. The predicted octanol–water partition coefficient (Wildman–Crippen LogP) is 4.14. The lowest BCUT2D eigenvalue weighted by Crippen LogP contribution is -2.57. The third-order valence-electron chi connectivity index (χ3n) is 5.86. The van der Waals surface area contributed by atoms with Gasteiger partial charge in [0.1, 0.15) is 0 Å². The maximum absolute atomic E-state index is 6.12. The van der Waals surface area contributed by atoms with Crippen molar-refractivity contribution >= 4 is 0 Å². The highest BCUT2D eigenvalue weighted by molar-refractivity contribution is 5.01. The molecule has 0 aromatic rings. The molecule has 0 radical (unpaired) electrons. The van der Waals surface area contributed by atoms with Crippen molar-refractivity contribution in [3.8, 4) is 0 Å². The fraction of sp³-hybridized carbons (Fsp3) is 1.00. The Balaban J connectivity index is 2.09. The first-order chi connectivity index (χ1) is 9.03. The Labute approximate surface area is 119 Å². The van der Waals surface area contributed by atoms with E-state index in [0.29, 0.717) is 11.5 Å². The van der Waals surface area contributed by atoms with Gasteiger partial charge in [0, 0.05) is 13.2 Å². The highest BCUT2D eigenvalue weighted by Gasteiger charge is 2.46. The standard InChI is InChI=1S/C17H33NO/c1-16(2)10-12-17(19-4,13-11-16)15(18-3)14-8-6-5-7-9-14/h14-15,18H,5-13H2,1-4H3. The summed E-state index contributed by atoms with van der Waals surface area (Å²) in [6.45, 7) is 4.81. The number of likely N-dealkylation sites (N-methyl/N-ethyl adjacent to an activating group) is 1. The van der Waals surface area contributed by atoms with E-state index < -0.39 is 0 Å². The van der Waals surface area contributed by atoms with Crippen LogP contribution in [-0.4, -0.2) is 25.8 Å². The average Bonchev–Trinajstić information content (AvgIpc) is 2.43. The molecule has 1 atom stereocenters. The molecule has 0 bridgehead atoms.